The van der Waals surface area contributed by atoms with Gasteiger partial charge < -0.3 is 5.32 Å². The Labute approximate surface area is 118 Å². The fourth-order valence-corrected chi connectivity index (χ4v) is 3.25. The number of hydrogen-bond donors (Lipinski definition) is 3. The van der Waals surface area contributed by atoms with Crippen molar-refractivity contribution in [3.63, 3.8) is 0 Å². The molecule has 0 spiro atoms. The minimum Gasteiger partial charge on any atom is -0.301 e. The third-order valence-corrected chi connectivity index (χ3v) is 4.71. The molecule has 0 aliphatic heterocycles. The maximum atomic E-state index is 11.9. The number of sulfonamides is 1. The van der Waals surface area contributed by atoms with Gasteiger partial charge in [-0.05, 0) is 0 Å². The van der Waals surface area contributed by atoms with Crippen LogP contribution in [0.2, 0.25) is 0 Å². The summed E-state index contributed by atoms with van der Waals surface area (Å²) in [4.78, 5) is 14.7. The number of anilines is 1. The normalized spacial score (nSPS) is 11.4. The molecule has 1 amide bonds. The second kappa shape index (κ2) is 6.02. The van der Waals surface area contributed by atoms with E-state index in [4.69, 9.17) is 0 Å². The summed E-state index contributed by atoms with van der Waals surface area (Å²) in [5.74, 6) is 0.229. The van der Waals surface area contributed by atoms with Gasteiger partial charge in [0.1, 0.15) is 12.2 Å². The molecule has 0 fully saturated rings. The number of carbonyl (C=O) groups is 1. The Kier molecular flexibility index (Phi) is 4.36. The van der Waals surface area contributed by atoms with E-state index < -0.39 is 10.0 Å². The van der Waals surface area contributed by atoms with E-state index in [0.717, 1.165) is 11.3 Å². The van der Waals surface area contributed by atoms with E-state index in [-0.39, 0.29) is 21.9 Å². The summed E-state index contributed by atoms with van der Waals surface area (Å²) < 4.78 is 25.9. The molecular formula is C8H11N7O3S2. The van der Waals surface area contributed by atoms with Gasteiger partial charge in [0.05, 0.1) is 0 Å². The first-order valence-corrected chi connectivity index (χ1v) is 7.72. The molecule has 0 radical (unpaired) electrons. The topological polar surface area (TPSA) is 143 Å². The SMILES string of the molecule is CC(=O)Nc1nnc(S(=O)(=O)NCCc2ncn[nH]2)s1. The average molecular weight is 317 g/mol. The fraction of sp³-hybridized carbons (Fsp3) is 0.375. The Balaban J connectivity index is 1.95. The predicted octanol–water partition coefficient (Wildman–Crippen LogP) is -0.864. The summed E-state index contributed by atoms with van der Waals surface area (Å²) in [6, 6.07) is 0. The van der Waals surface area contributed by atoms with Crippen LogP contribution in [0.15, 0.2) is 10.7 Å². The van der Waals surface area contributed by atoms with Crippen molar-refractivity contribution in [1.82, 2.24) is 30.1 Å². The van der Waals surface area contributed by atoms with Crippen molar-refractivity contribution in [2.24, 2.45) is 0 Å². The molecule has 0 atom stereocenters. The van der Waals surface area contributed by atoms with Crippen molar-refractivity contribution >= 4 is 32.4 Å². The van der Waals surface area contributed by atoms with E-state index in [1.54, 1.807) is 0 Å². The number of aromatic nitrogens is 5. The van der Waals surface area contributed by atoms with Crippen LogP contribution in [-0.2, 0) is 21.2 Å². The molecule has 0 bridgehead atoms. The van der Waals surface area contributed by atoms with Gasteiger partial charge in [-0.15, -0.1) is 10.2 Å². The van der Waals surface area contributed by atoms with Crippen LogP contribution in [0.5, 0.6) is 0 Å². The van der Waals surface area contributed by atoms with E-state index in [1.165, 1.54) is 13.3 Å². The van der Waals surface area contributed by atoms with E-state index in [1.807, 2.05) is 0 Å². The average Bonchev–Trinajstić information content (AvgIpc) is 2.99. The minimum atomic E-state index is -3.75. The summed E-state index contributed by atoms with van der Waals surface area (Å²) in [6.45, 7) is 1.44. The smallest absolute Gasteiger partial charge is 0.269 e. The highest BCUT2D eigenvalue weighted by atomic mass is 32.2. The van der Waals surface area contributed by atoms with Crippen LogP contribution in [0.3, 0.4) is 0 Å². The summed E-state index contributed by atoms with van der Waals surface area (Å²) in [7, 11) is -3.75. The van der Waals surface area contributed by atoms with Gasteiger partial charge in [-0.2, -0.15) is 5.10 Å². The molecule has 0 unspecified atom stereocenters. The monoisotopic (exact) mass is 317 g/mol. The first kappa shape index (κ1) is 14.5. The Bertz CT molecular complexity index is 679. The first-order chi connectivity index (χ1) is 9.47. The molecule has 0 saturated heterocycles. The van der Waals surface area contributed by atoms with Crippen molar-refractivity contribution in [3.05, 3.63) is 12.2 Å². The number of H-pyrrole nitrogens is 1. The highest BCUT2D eigenvalue weighted by Crippen LogP contribution is 2.19. The lowest BCUT2D eigenvalue weighted by Gasteiger charge is -2.01. The molecule has 0 aromatic carbocycles. The van der Waals surface area contributed by atoms with Gasteiger partial charge in [0.2, 0.25) is 15.4 Å². The minimum absolute atomic E-state index is 0.133. The fourth-order valence-electron chi connectivity index (χ4n) is 1.24. The zero-order valence-corrected chi connectivity index (χ0v) is 12.0. The highest BCUT2D eigenvalue weighted by molar-refractivity contribution is 7.91. The molecule has 2 heterocycles. The van der Waals surface area contributed by atoms with Crippen LogP contribution in [0.25, 0.3) is 0 Å². The Morgan fingerprint density at radius 1 is 1.45 bits per heavy atom. The number of nitrogens with zero attached hydrogens (tertiary/aromatic N) is 4. The van der Waals surface area contributed by atoms with Crippen molar-refractivity contribution in [2.45, 2.75) is 17.7 Å². The zero-order chi connectivity index (χ0) is 14.6. The van der Waals surface area contributed by atoms with Crippen molar-refractivity contribution < 1.29 is 13.2 Å². The lowest BCUT2D eigenvalue weighted by Crippen LogP contribution is -2.26. The van der Waals surface area contributed by atoms with Crippen LogP contribution in [0, 0.1) is 0 Å². The number of amides is 1. The molecule has 20 heavy (non-hydrogen) atoms. The standard InChI is InChI=1S/C8H11N7O3S2/c1-5(16)12-7-14-15-8(19-7)20(17,18)11-3-2-6-9-4-10-13-6/h4,11H,2-3H2,1H3,(H,9,10,13)(H,12,14,16). The molecule has 2 rings (SSSR count). The van der Waals surface area contributed by atoms with E-state index >= 15 is 0 Å². The van der Waals surface area contributed by atoms with Crippen LogP contribution >= 0.6 is 11.3 Å². The summed E-state index contributed by atoms with van der Waals surface area (Å²) in [5, 5.41) is 15.9. The van der Waals surface area contributed by atoms with Gasteiger partial charge in [0, 0.05) is 19.9 Å². The lowest BCUT2D eigenvalue weighted by molar-refractivity contribution is -0.114. The second-order valence-corrected chi connectivity index (χ2v) is 6.55. The van der Waals surface area contributed by atoms with Gasteiger partial charge >= 0.3 is 0 Å². The van der Waals surface area contributed by atoms with Crippen LogP contribution in [0.4, 0.5) is 5.13 Å². The Hall–Kier alpha value is -1.92. The summed E-state index contributed by atoms with van der Waals surface area (Å²) >= 11 is 0.776. The molecular weight excluding hydrogens is 306 g/mol. The molecule has 0 saturated carbocycles. The number of rotatable bonds is 6. The largest absolute Gasteiger partial charge is 0.301 e. The van der Waals surface area contributed by atoms with Crippen LogP contribution < -0.4 is 10.0 Å². The Morgan fingerprint density at radius 2 is 2.25 bits per heavy atom. The van der Waals surface area contributed by atoms with Gasteiger partial charge in [0.25, 0.3) is 10.0 Å². The highest BCUT2D eigenvalue weighted by Gasteiger charge is 2.20. The van der Waals surface area contributed by atoms with Crippen molar-refractivity contribution in [2.75, 3.05) is 11.9 Å². The van der Waals surface area contributed by atoms with Gasteiger partial charge in [0.15, 0.2) is 0 Å². The first-order valence-electron chi connectivity index (χ1n) is 5.42. The summed E-state index contributed by atoms with van der Waals surface area (Å²) in [6.07, 6.45) is 1.71. The molecule has 0 aliphatic rings. The molecule has 10 nitrogen and oxygen atoms in total. The molecule has 2 aromatic heterocycles. The van der Waals surface area contributed by atoms with Crippen LogP contribution in [0.1, 0.15) is 12.7 Å². The number of hydrogen-bond acceptors (Lipinski definition) is 8. The lowest BCUT2D eigenvalue weighted by atomic mass is 10.4. The van der Waals surface area contributed by atoms with Gasteiger partial charge in [-0.25, -0.2) is 18.1 Å². The zero-order valence-electron chi connectivity index (χ0n) is 10.3. The Morgan fingerprint density at radius 3 is 2.90 bits per heavy atom. The van der Waals surface area contributed by atoms with Crippen molar-refractivity contribution in [3.8, 4) is 0 Å². The predicted molar refractivity (Wildman–Crippen MR) is 69.5 cm³/mol. The van der Waals surface area contributed by atoms with Crippen molar-refractivity contribution in [1.29, 1.82) is 0 Å². The van der Waals surface area contributed by atoms with E-state index in [2.05, 4.69) is 35.4 Å². The maximum absolute atomic E-state index is 11.9. The summed E-state index contributed by atoms with van der Waals surface area (Å²) in [5.41, 5.74) is 0. The van der Waals surface area contributed by atoms with E-state index in [9.17, 15) is 13.2 Å². The molecule has 3 N–H and O–H groups in total. The molecule has 2 aromatic rings. The molecule has 12 heteroatoms. The third kappa shape index (κ3) is 3.79. The molecule has 108 valence electrons. The number of aromatic amines is 1. The quantitative estimate of drug-likeness (QED) is 0.588. The second-order valence-electron chi connectivity index (χ2n) is 3.63. The van der Waals surface area contributed by atoms with Gasteiger partial charge in [-0.1, -0.05) is 11.3 Å². The third-order valence-electron chi connectivity index (χ3n) is 2.04. The maximum Gasteiger partial charge on any atom is 0.269 e. The van der Waals surface area contributed by atoms with Crippen LogP contribution in [-0.4, -0.2) is 46.2 Å². The number of nitrogens with one attached hydrogen (secondary N) is 3. The van der Waals surface area contributed by atoms with Gasteiger partial charge in [-0.3, -0.25) is 9.89 Å². The molecule has 0 aliphatic carbocycles. The number of carbonyl (C=O) groups excluding carboxylic acids is 1. The van der Waals surface area contributed by atoms with E-state index in [0.29, 0.717) is 12.2 Å².